The van der Waals surface area contributed by atoms with Crippen molar-refractivity contribution < 1.29 is 19.8 Å². The number of hydrogen-bond donors (Lipinski definition) is 2. The molecule has 0 aliphatic carbocycles. The van der Waals surface area contributed by atoms with Crippen molar-refractivity contribution >= 4 is 40.6 Å². The zero-order valence-corrected chi connectivity index (χ0v) is 16.9. The summed E-state index contributed by atoms with van der Waals surface area (Å²) in [5, 5.41) is 21.2. The summed E-state index contributed by atoms with van der Waals surface area (Å²) in [5.41, 5.74) is 1.27. The lowest BCUT2D eigenvalue weighted by Gasteiger charge is -2.27. The van der Waals surface area contributed by atoms with E-state index < -0.39 is 23.5 Å². The molecule has 4 rings (SSSR count). The Morgan fingerprint density at radius 1 is 0.800 bits per heavy atom. The molecule has 7 heteroatoms. The molecular formula is C23H15Cl2NO4. The molecule has 30 heavy (non-hydrogen) atoms. The van der Waals surface area contributed by atoms with Gasteiger partial charge in [-0.25, -0.2) is 0 Å². The fourth-order valence-electron chi connectivity index (χ4n) is 3.43. The summed E-state index contributed by atoms with van der Waals surface area (Å²) in [7, 11) is 0. The van der Waals surface area contributed by atoms with Crippen LogP contribution in [0, 0.1) is 0 Å². The number of aliphatic hydroxyl groups excluding tert-OH is 1. The Morgan fingerprint density at radius 2 is 1.33 bits per heavy atom. The van der Waals surface area contributed by atoms with E-state index in [1.54, 1.807) is 48.5 Å². The first kappa shape index (κ1) is 20.0. The summed E-state index contributed by atoms with van der Waals surface area (Å²) in [6, 6.07) is 18.0. The van der Waals surface area contributed by atoms with Gasteiger partial charge in [-0.2, -0.15) is 0 Å². The lowest BCUT2D eigenvalue weighted by Crippen LogP contribution is -2.31. The highest BCUT2D eigenvalue weighted by Crippen LogP contribution is 2.42. The highest BCUT2D eigenvalue weighted by Gasteiger charge is 2.44. The van der Waals surface area contributed by atoms with Crippen molar-refractivity contribution in [2.75, 3.05) is 4.90 Å². The number of phenolic OH excluding ortho intramolecular Hbond substituents is 1. The van der Waals surface area contributed by atoms with Crippen LogP contribution in [-0.2, 0) is 4.79 Å². The van der Waals surface area contributed by atoms with Gasteiger partial charge in [0.15, 0.2) is 11.5 Å². The van der Waals surface area contributed by atoms with Gasteiger partial charge in [0.05, 0.1) is 11.6 Å². The number of ketones is 1. The first-order chi connectivity index (χ1) is 14.4. The second kappa shape index (κ2) is 7.86. The van der Waals surface area contributed by atoms with Crippen LogP contribution in [-0.4, -0.2) is 21.9 Å². The molecule has 1 aliphatic heterocycles. The molecule has 1 atom stereocenters. The number of phenols is 1. The minimum atomic E-state index is -0.873. The number of carbonyl (C=O) groups excluding carboxylic acids is 2. The molecule has 1 amide bonds. The maximum absolute atomic E-state index is 13.3. The van der Waals surface area contributed by atoms with Crippen molar-refractivity contribution in [2.24, 2.45) is 0 Å². The standard InChI is InChI=1S/C23H15Cl2NO4/c24-15-5-1-13(2-6-15)20-19(21(28)14-3-7-16(25)8-4-14)22(29)23(30)26(20)17-9-11-18(27)12-10-17/h1-12,20,27,29H. The minimum Gasteiger partial charge on any atom is -0.508 e. The van der Waals surface area contributed by atoms with Gasteiger partial charge in [0.2, 0.25) is 0 Å². The largest absolute Gasteiger partial charge is 0.508 e. The molecule has 0 spiro atoms. The van der Waals surface area contributed by atoms with E-state index >= 15 is 0 Å². The normalized spacial score (nSPS) is 16.3. The molecule has 0 radical (unpaired) electrons. The summed E-state index contributed by atoms with van der Waals surface area (Å²) in [6.45, 7) is 0. The molecule has 0 saturated heterocycles. The Morgan fingerprint density at radius 3 is 1.90 bits per heavy atom. The van der Waals surface area contributed by atoms with E-state index in [1.807, 2.05) is 0 Å². The van der Waals surface area contributed by atoms with E-state index in [0.29, 0.717) is 26.9 Å². The van der Waals surface area contributed by atoms with Crippen molar-refractivity contribution in [3.8, 4) is 5.75 Å². The van der Waals surface area contributed by atoms with Gasteiger partial charge < -0.3 is 10.2 Å². The van der Waals surface area contributed by atoms with Crippen LogP contribution in [0.4, 0.5) is 5.69 Å². The maximum Gasteiger partial charge on any atom is 0.294 e. The molecule has 3 aromatic rings. The molecule has 1 heterocycles. The van der Waals surface area contributed by atoms with Crippen LogP contribution < -0.4 is 4.90 Å². The number of benzene rings is 3. The SMILES string of the molecule is O=C(C1=C(O)C(=O)N(c2ccc(O)cc2)C1c1ccc(Cl)cc1)c1ccc(Cl)cc1. The van der Waals surface area contributed by atoms with Gasteiger partial charge >= 0.3 is 0 Å². The summed E-state index contributed by atoms with van der Waals surface area (Å²) in [6.07, 6.45) is 0. The average Bonchev–Trinajstić information content (AvgIpc) is 3.00. The van der Waals surface area contributed by atoms with Crippen molar-refractivity contribution in [1.29, 1.82) is 0 Å². The number of hydrogen-bond acceptors (Lipinski definition) is 4. The molecule has 2 N–H and O–H groups in total. The van der Waals surface area contributed by atoms with E-state index in [-0.39, 0.29) is 11.3 Å². The van der Waals surface area contributed by atoms with Crippen LogP contribution in [0.1, 0.15) is 22.0 Å². The molecule has 3 aromatic carbocycles. The highest BCUT2D eigenvalue weighted by molar-refractivity contribution is 6.31. The van der Waals surface area contributed by atoms with E-state index in [9.17, 15) is 19.8 Å². The van der Waals surface area contributed by atoms with E-state index in [2.05, 4.69) is 0 Å². The van der Waals surface area contributed by atoms with Gasteiger partial charge in [0, 0.05) is 21.3 Å². The Balaban J connectivity index is 1.86. The lowest BCUT2D eigenvalue weighted by molar-refractivity contribution is -0.117. The number of amides is 1. The number of halogens is 2. The number of anilines is 1. The number of carbonyl (C=O) groups is 2. The molecule has 0 saturated carbocycles. The predicted molar refractivity (Wildman–Crippen MR) is 115 cm³/mol. The van der Waals surface area contributed by atoms with Crippen molar-refractivity contribution in [1.82, 2.24) is 0 Å². The smallest absolute Gasteiger partial charge is 0.294 e. The van der Waals surface area contributed by atoms with Crippen molar-refractivity contribution in [3.63, 3.8) is 0 Å². The topological polar surface area (TPSA) is 77.8 Å². The fraction of sp³-hybridized carbons (Fsp3) is 0.0435. The maximum atomic E-state index is 13.3. The molecule has 1 unspecified atom stereocenters. The Hall–Kier alpha value is -3.28. The number of aromatic hydroxyl groups is 1. The number of rotatable bonds is 4. The van der Waals surface area contributed by atoms with Crippen LogP contribution in [0.2, 0.25) is 10.0 Å². The third-order valence-corrected chi connectivity index (χ3v) is 5.38. The third-order valence-electron chi connectivity index (χ3n) is 4.87. The van der Waals surface area contributed by atoms with Gasteiger partial charge in [-0.3, -0.25) is 14.5 Å². The third kappa shape index (κ3) is 3.54. The summed E-state index contributed by atoms with van der Waals surface area (Å²) < 4.78 is 0. The predicted octanol–water partition coefficient (Wildman–Crippen LogP) is 5.48. The Bertz CT molecular complexity index is 1150. The van der Waals surface area contributed by atoms with Crippen molar-refractivity contribution in [2.45, 2.75) is 6.04 Å². The van der Waals surface area contributed by atoms with Crippen LogP contribution >= 0.6 is 23.2 Å². The molecule has 0 aromatic heterocycles. The van der Waals surface area contributed by atoms with Crippen LogP contribution in [0.5, 0.6) is 5.75 Å². The molecule has 0 bridgehead atoms. The lowest BCUT2D eigenvalue weighted by atomic mass is 9.92. The summed E-state index contributed by atoms with van der Waals surface area (Å²) >= 11 is 11.9. The van der Waals surface area contributed by atoms with Crippen LogP contribution in [0.3, 0.4) is 0 Å². The zero-order chi connectivity index (χ0) is 21.4. The van der Waals surface area contributed by atoms with E-state index in [1.165, 1.54) is 29.2 Å². The van der Waals surface area contributed by atoms with E-state index in [4.69, 9.17) is 23.2 Å². The van der Waals surface area contributed by atoms with Gasteiger partial charge in [0.1, 0.15) is 5.75 Å². The Labute approximate surface area is 182 Å². The van der Waals surface area contributed by atoms with Gasteiger partial charge in [0.25, 0.3) is 5.91 Å². The fourth-order valence-corrected chi connectivity index (χ4v) is 3.69. The highest BCUT2D eigenvalue weighted by atomic mass is 35.5. The molecule has 1 aliphatic rings. The van der Waals surface area contributed by atoms with E-state index in [0.717, 1.165) is 0 Å². The summed E-state index contributed by atoms with van der Waals surface area (Å²) in [4.78, 5) is 27.6. The average molecular weight is 440 g/mol. The molecular weight excluding hydrogens is 425 g/mol. The van der Waals surface area contributed by atoms with Crippen LogP contribution in [0.25, 0.3) is 0 Å². The Kier molecular flexibility index (Phi) is 5.24. The first-order valence-corrected chi connectivity index (χ1v) is 9.74. The van der Waals surface area contributed by atoms with Crippen LogP contribution in [0.15, 0.2) is 84.1 Å². The quantitative estimate of drug-likeness (QED) is 0.527. The minimum absolute atomic E-state index is 0.0306. The number of nitrogens with zero attached hydrogens (tertiary/aromatic N) is 1. The number of aliphatic hydroxyl groups is 1. The van der Waals surface area contributed by atoms with Gasteiger partial charge in [-0.05, 0) is 66.2 Å². The van der Waals surface area contributed by atoms with Gasteiger partial charge in [-0.1, -0.05) is 35.3 Å². The zero-order valence-electron chi connectivity index (χ0n) is 15.4. The molecule has 0 fully saturated rings. The summed E-state index contributed by atoms with van der Waals surface area (Å²) in [5.74, 6) is -1.79. The van der Waals surface area contributed by atoms with Crippen molar-refractivity contribution in [3.05, 3.63) is 105 Å². The monoisotopic (exact) mass is 439 g/mol. The molecule has 5 nitrogen and oxygen atoms in total. The second-order valence-electron chi connectivity index (χ2n) is 6.74. The first-order valence-electron chi connectivity index (χ1n) is 8.98. The molecule has 150 valence electrons. The van der Waals surface area contributed by atoms with Gasteiger partial charge in [-0.15, -0.1) is 0 Å². The number of Topliss-reactive ketones (excluding diaryl/α,β-unsaturated/α-hetero) is 1. The second-order valence-corrected chi connectivity index (χ2v) is 7.62.